The molecule has 18 heavy (non-hydrogen) atoms. The van der Waals surface area contributed by atoms with Crippen LogP contribution in [0.5, 0.6) is 0 Å². The number of hydrogen-bond donors (Lipinski definition) is 2. The zero-order valence-corrected chi connectivity index (χ0v) is 10.7. The number of aliphatic carboxylic acids is 1. The molecular formula is C13H15NO3S. The maximum absolute atomic E-state index is 11.9. The summed E-state index contributed by atoms with van der Waals surface area (Å²) in [6.45, 7) is 0. The quantitative estimate of drug-likeness (QED) is 0.878. The number of rotatable bonds is 3. The maximum atomic E-state index is 11.9. The van der Waals surface area contributed by atoms with Crippen LogP contribution in [-0.4, -0.2) is 17.0 Å². The van der Waals surface area contributed by atoms with Crippen molar-refractivity contribution in [2.75, 3.05) is 0 Å². The van der Waals surface area contributed by atoms with E-state index in [1.807, 2.05) is 0 Å². The fourth-order valence-electron chi connectivity index (χ4n) is 2.67. The molecule has 0 spiro atoms. The summed E-state index contributed by atoms with van der Waals surface area (Å²) in [7, 11) is 0. The van der Waals surface area contributed by atoms with Gasteiger partial charge < -0.3 is 10.4 Å². The number of fused-ring (bicyclic) bond motifs is 1. The zero-order chi connectivity index (χ0) is 12.7. The normalized spacial score (nSPS) is 29.4. The second-order valence-electron chi connectivity index (χ2n) is 5.04. The molecule has 1 fully saturated rings. The topological polar surface area (TPSA) is 66.4 Å². The number of carboxylic acid groups (broad SMARTS) is 1. The Kier molecular flexibility index (Phi) is 2.86. The number of carboxylic acids is 1. The summed E-state index contributed by atoms with van der Waals surface area (Å²) < 4.78 is 0. The van der Waals surface area contributed by atoms with Gasteiger partial charge in [-0.1, -0.05) is 0 Å². The van der Waals surface area contributed by atoms with Crippen LogP contribution in [0.3, 0.4) is 0 Å². The Labute approximate surface area is 109 Å². The van der Waals surface area contributed by atoms with Crippen molar-refractivity contribution in [3.63, 3.8) is 0 Å². The molecule has 0 saturated heterocycles. The lowest BCUT2D eigenvalue weighted by Crippen LogP contribution is -2.32. The number of hydrogen-bond acceptors (Lipinski definition) is 3. The van der Waals surface area contributed by atoms with Gasteiger partial charge in [0.15, 0.2) is 0 Å². The Bertz CT molecular complexity index is 496. The largest absolute Gasteiger partial charge is 0.481 e. The molecule has 2 aliphatic carbocycles. The van der Waals surface area contributed by atoms with Gasteiger partial charge in [0, 0.05) is 4.88 Å². The van der Waals surface area contributed by atoms with E-state index in [1.165, 1.54) is 10.4 Å². The van der Waals surface area contributed by atoms with Crippen LogP contribution in [-0.2, 0) is 16.0 Å². The molecule has 0 aromatic carbocycles. The lowest BCUT2D eigenvalue weighted by Gasteiger charge is -2.23. The molecule has 1 saturated carbocycles. The molecule has 1 amide bonds. The van der Waals surface area contributed by atoms with Crippen molar-refractivity contribution in [2.24, 2.45) is 11.8 Å². The van der Waals surface area contributed by atoms with Crippen molar-refractivity contribution in [2.45, 2.75) is 31.7 Å². The summed E-state index contributed by atoms with van der Waals surface area (Å²) in [5, 5.41) is 13.9. The van der Waals surface area contributed by atoms with Gasteiger partial charge >= 0.3 is 5.97 Å². The summed E-state index contributed by atoms with van der Waals surface area (Å²) in [4.78, 5) is 24.1. The van der Waals surface area contributed by atoms with Crippen LogP contribution in [0.4, 0.5) is 0 Å². The van der Waals surface area contributed by atoms with E-state index < -0.39 is 11.9 Å². The molecule has 3 atom stereocenters. The molecule has 2 N–H and O–H groups in total. The molecule has 0 radical (unpaired) electrons. The van der Waals surface area contributed by atoms with Gasteiger partial charge in [-0.05, 0) is 42.7 Å². The minimum Gasteiger partial charge on any atom is -0.481 e. The summed E-state index contributed by atoms with van der Waals surface area (Å²) in [6, 6.07) is 2.16. The third-order valence-electron chi connectivity index (χ3n) is 3.81. The molecule has 4 nitrogen and oxygen atoms in total. The summed E-state index contributed by atoms with van der Waals surface area (Å²) in [5.41, 5.74) is 1.23. The van der Waals surface area contributed by atoms with Crippen LogP contribution in [0.2, 0.25) is 0 Å². The average molecular weight is 265 g/mol. The van der Waals surface area contributed by atoms with Crippen LogP contribution in [0.1, 0.15) is 35.7 Å². The SMILES string of the molecule is O=C(O)C1CC1C(=O)NC1CCCc2sccc21. The molecule has 2 aliphatic rings. The van der Waals surface area contributed by atoms with Crippen LogP contribution >= 0.6 is 11.3 Å². The smallest absolute Gasteiger partial charge is 0.307 e. The Morgan fingerprint density at radius 1 is 1.39 bits per heavy atom. The van der Waals surface area contributed by atoms with E-state index in [4.69, 9.17) is 5.11 Å². The van der Waals surface area contributed by atoms with Crippen molar-refractivity contribution in [1.29, 1.82) is 0 Å². The fourth-order valence-corrected chi connectivity index (χ4v) is 3.66. The second kappa shape index (κ2) is 4.39. The first-order valence-corrected chi connectivity index (χ1v) is 7.14. The number of aryl methyl sites for hydroxylation is 1. The molecule has 1 aromatic heterocycles. The zero-order valence-electron chi connectivity index (χ0n) is 9.89. The highest BCUT2D eigenvalue weighted by atomic mass is 32.1. The number of carbonyl (C=O) groups is 2. The van der Waals surface area contributed by atoms with E-state index in [-0.39, 0.29) is 17.9 Å². The Morgan fingerprint density at radius 2 is 2.22 bits per heavy atom. The molecule has 1 heterocycles. The first-order valence-electron chi connectivity index (χ1n) is 6.26. The highest BCUT2D eigenvalue weighted by Gasteiger charge is 2.48. The number of nitrogens with one attached hydrogen (secondary N) is 1. The van der Waals surface area contributed by atoms with Crippen molar-refractivity contribution in [3.05, 3.63) is 21.9 Å². The summed E-state index contributed by atoms with van der Waals surface area (Å²) in [5.74, 6) is -1.72. The van der Waals surface area contributed by atoms with E-state index in [2.05, 4.69) is 16.8 Å². The van der Waals surface area contributed by atoms with Gasteiger partial charge in [-0.2, -0.15) is 0 Å². The molecule has 96 valence electrons. The molecule has 0 aliphatic heterocycles. The van der Waals surface area contributed by atoms with E-state index in [0.717, 1.165) is 19.3 Å². The van der Waals surface area contributed by atoms with Gasteiger partial charge in [0.05, 0.1) is 17.9 Å². The van der Waals surface area contributed by atoms with Gasteiger partial charge in [-0.3, -0.25) is 9.59 Å². The van der Waals surface area contributed by atoms with Crippen LogP contribution < -0.4 is 5.32 Å². The summed E-state index contributed by atoms with van der Waals surface area (Å²) in [6.07, 6.45) is 3.64. The number of thiophene rings is 1. The molecule has 3 rings (SSSR count). The molecule has 3 unspecified atom stereocenters. The van der Waals surface area contributed by atoms with Gasteiger partial charge in [-0.15, -0.1) is 11.3 Å². The highest BCUT2D eigenvalue weighted by molar-refractivity contribution is 7.10. The lowest BCUT2D eigenvalue weighted by atomic mass is 9.94. The molecule has 1 aromatic rings. The van der Waals surface area contributed by atoms with Crippen molar-refractivity contribution < 1.29 is 14.7 Å². The molecular weight excluding hydrogens is 250 g/mol. The number of carbonyl (C=O) groups excluding carboxylic acids is 1. The van der Waals surface area contributed by atoms with E-state index in [9.17, 15) is 9.59 Å². The third kappa shape index (κ3) is 2.03. The minimum absolute atomic E-state index is 0.0857. The Balaban J connectivity index is 1.65. The second-order valence-corrected chi connectivity index (χ2v) is 6.04. The number of amides is 1. The predicted octanol–water partition coefficient (Wildman–Crippen LogP) is 1.96. The Morgan fingerprint density at radius 3 is 2.94 bits per heavy atom. The van der Waals surface area contributed by atoms with Crippen molar-refractivity contribution in [3.8, 4) is 0 Å². The maximum Gasteiger partial charge on any atom is 0.307 e. The van der Waals surface area contributed by atoms with Crippen LogP contribution in [0, 0.1) is 11.8 Å². The standard InChI is InChI=1S/C13H15NO3S/c15-12(8-6-9(8)13(16)17)14-10-2-1-3-11-7(10)4-5-18-11/h4-5,8-10H,1-3,6H2,(H,14,15)(H,16,17). The van der Waals surface area contributed by atoms with Crippen LogP contribution in [0.15, 0.2) is 11.4 Å². The van der Waals surface area contributed by atoms with Crippen LogP contribution in [0.25, 0.3) is 0 Å². The third-order valence-corrected chi connectivity index (χ3v) is 4.81. The summed E-state index contributed by atoms with van der Waals surface area (Å²) >= 11 is 1.74. The minimum atomic E-state index is -0.852. The average Bonchev–Trinajstić information content (AvgIpc) is 3.01. The van der Waals surface area contributed by atoms with E-state index >= 15 is 0 Å². The lowest BCUT2D eigenvalue weighted by molar-refractivity contribution is -0.140. The van der Waals surface area contributed by atoms with Crippen molar-refractivity contribution >= 4 is 23.2 Å². The fraction of sp³-hybridized carbons (Fsp3) is 0.538. The highest BCUT2D eigenvalue weighted by Crippen LogP contribution is 2.40. The molecule has 0 bridgehead atoms. The monoisotopic (exact) mass is 265 g/mol. The van der Waals surface area contributed by atoms with Gasteiger partial charge in [0.1, 0.15) is 0 Å². The van der Waals surface area contributed by atoms with Gasteiger partial charge in [0.25, 0.3) is 0 Å². The van der Waals surface area contributed by atoms with E-state index in [0.29, 0.717) is 6.42 Å². The van der Waals surface area contributed by atoms with E-state index in [1.54, 1.807) is 11.3 Å². The van der Waals surface area contributed by atoms with Crippen molar-refractivity contribution in [1.82, 2.24) is 5.32 Å². The molecule has 5 heteroatoms. The first kappa shape index (κ1) is 11.7. The van der Waals surface area contributed by atoms with Gasteiger partial charge in [-0.25, -0.2) is 0 Å². The predicted molar refractivity (Wildman–Crippen MR) is 67.4 cm³/mol. The first-order chi connectivity index (χ1) is 8.66. The Hall–Kier alpha value is -1.36. The van der Waals surface area contributed by atoms with Gasteiger partial charge in [0.2, 0.25) is 5.91 Å².